The molecule has 4 heteroatoms. The molecule has 1 aliphatic rings. The summed E-state index contributed by atoms with van der Waals surface area (Å²) in [4.78, 5) is 11.5. The van der Waals surface area contributed by atoms with Crippen molar-refractivity contribution in [2.45, 2.75) is 13.3 Å². The molecule has 0 amide bonds. The third-order valence-corrected chi connectivity index (χ3v) is 3.31. The Hall–Kier alpha value is -2.23. The summed E-state index contributed by atoms with van der Waals surface area (Å²) in [6, 6.07) is 7.19. The van der Waals surface area contributed by atoms with Crippen LogP contribution in [-0.4, -0.2) is 11.1 Å². The van der Waals surface area contributed by atoms with Gasteiger partial charge in [0, 0.05) is 17.8 Å². The lowest BCUT2D eigenvalue weighted by Gasteiger charge is -2.31. The smallest absolute Gasteiger partial charge is 0.314 e. The van der Waals surface area contributed by atoms with Crippen molar-refractivity contribution in [3.8, 4) is 0 Å². The van der Waals surface area contributed by atoms with Crippen LogP contribution in [0.25, 0.3) is 5.57 Å². The molecule has 94 valence electrons. The highest BCUT2D eigenvalue weighted by molar-refractivity contribution is 5.93. The molecular weight excluding hydrogens is 228 g/mol. The van der Waals surface area contributed by atoms with Crippen molar-refractivity contribution in [1.29, 1.82) is 0 Å². The second-order valence-corrected chi connectivity index (χ2v) is 4.76. The van der Waals surface area contributed by atoms with Crippen LogP contribution in [0.2, 0.25) is 0 Å². The molecule has 2 rings (SSSR count). The molecule has 1 aromatic rings. The summed E-state index contributed by atoms with van der Waals surface area (Å²) in [6.45, 7) is 1.69. The Bertz CT molecular complexity index is 543. The number of carbonyl (C=O) groups is 1. The number of carboxylic acids is 1. The number of nitrogens with two attached hydrogens (primary N) is 2. The molecule has 1 aromatic carbocycles. The predicted octanol–water partition coefficient (Wildman–Crippen LogP) is 1.99. The molecular formula is C14H16N2O2. The monoisotopic (exact) mass is 244 g/mol. The number of benzene rings is 1. The quantitative estimate of drug-likeness (QED) is 0.694. The van der Waals surface area contributed by atoms with E-state index in [2.05, 4.69) is 0 Å². The van der Waals surface area contributed by atoms with Gasteiger partial charge in [-0.1, -0.05) is 18.2 Å². The average Bonchev–Trinajstić information content (AvgIpc) is 2.30. The first-order chi connectivity index (χ1) is 8.43. The lowest BCUT2D eigenvalue weighted by atomic mass is 9.72. The van der Waals surface area contributed by atoms with E-state index < -0.39 is 11.4 Å². The third kappa shape index (κ3) is 1.97. The Morgan fingerprint density at radius 1 is 1.22 bits per heavy atom. The molecule has 0 saturated heterocycles. The molecule has 5 N–H and O–H groups in total. The summed E-state index contributed by atoms with van der Waals surface area (Å²) < 4.78 is 0. The molecule has 0 radical (unpaired) electrons. The van der Waals surface area contributed by atoms with E-state index in [0.717, 1.165) is 11.1 Å². The Kier molecular flexibility index (Phi) is 2.87. The molecule has 0 saturated carbocycles. The number of aliphatic carboxylic acids is 1. The minimum absolute atomic E-state index is 0.318. The van der Waals surface area contributed by atoms with E-state index in [-0.39, 0.29) is 0 Å². The van der Waals surface area contributed by atoms with Crippen molar-refractivity contribution in [3.05, 3.63) is 47.7 Å². The van der Waals surface area contributed by atoms with Gasteiger partial charge in [-0.15, -0.1) is 0 Å². The zero-order chi connectivity index (χ0) is 13.3. The molecule has 1 atom stereocenters. The fourth-order valence-electron chi connectivity index (χ4n) is 2.20. The SMILES string of the molecule is CC1(C(=O)O)CC(N)=CC=C1c1ccc(N)cc1. The van der Waals surface area contributed by atoms with Crippen LogP contribution in [0.15, 0.2) is 42.1 Å². The Labute approximate surface area is 106 Å². The minimum Gasteiger partial charge on any atom is -0.481 e. The van der Waals surface area contributed by atoms with Crippen molar-refractivity contribution in [2.75, 3.05) is 5.73 Å². The zero-order valence-electron chi connectivity index (χ0n) is 10.2. The van der Waals surface area contributed by atoms with Gasteiger partial charge in [0.05, 0.1) is 5.41 Å². The van der Waals surface area contributed by atoms with Gasteiger partial charge in [0.1, 0.15) is 0 Å². The van der Waals surface area contributed by atoms with Gasteiger partial charge in [0.15, 0.2) is 0 Å². The van der Waals surface area contributed by atoms with E-state index in [0.29, 0.717) is 17.8 Å². The molecule has 1 aliphatic carbocycles. The van der Waals surface area contributed by atoms with Gasteiger partial charge < -0.3 is 16.6 Å². The second-order valence-electron chi connectivity index (χ2n) is 4.76. The maximum atomic E-state index is 11.5. The summed E-state index contributed by atoms with van der Waals surface area (Å²) in [5.74, 6) is -0.873. The van der Waals surface area contributed by atoms with Crippen LogP contribution >= 0.6 is 0 Å². The van der Waals surface area contributed by atoms with Gasteiger partial charge in [0.25, 0.3) is 0 Å². The number of carboxylic acid groups (broad SMARTS) is 1. The summed E-state index contributed by atoms with van der Waals surface area (Å²) in [6.07, 6.45) is 3.85. The highest BCUT2D eigenvalue weighted by atomic mass is 16.4. The molecule has 0 fully saturated rings. The first-order valence-electron chi connectivity index (χ1n) is 5.69. The molecule has 1 unspecified atom stereocenters. The predicted molar refractivity (Wildman–Crippen MR) is 71.5 cm³/mol. The molecule has 18 heavy (non-hydrogen) atoms. The molecule has 0 heterocycles. The highest BCUT2D eigenvalue weighted by Crippen LogP contribution is 2.42. The van der Waals surface area contributed by atoms with Gasteiger partial charge in [-0.3, -0.25) is 4.79 Å². The van der Waals surface area contributed by atoms with E-state index in [1.54, 1.807) is 31.2 Å². The van der Waals surface area contributed by atoms with Gasteiger partial charge in [-0.2, -0.15) is 0 Å². The van der Waals surface area contributed by atoms with Crippen LogP contribution in [0.1, 0.15) is 18.9 Å². The largest absolute Gasteiger partial charge is 0.481 e. The van der Waals surface area contributed by atoms with Crippen molar-refractivity contribution >= 4 is 17.2 Å². The van der Waals surface area contributed by atoms with Gasteiger partial charge in [0.2, 0.25) is 0 Å². The normalized spacial score (nSPS) is 23.2. The third-order valence-electron chi connectivity index (χ3n) is 3.31. The van der Waals surface area contributed by atoms with E-state index in [1.165, 1.54) is 0 Å². The highest BCUT2D eigenvalue weighted by Gasteiger charge is 2.39. The van der Waals surface area contributed by atoms with Crippen LogP contribution in [-0.2, 0) is 4.79 Å². The topological polar surface area (TPSA) is 89.3 Å². The van der Waals surface area contributed by atoms with E-state index >= 15 is 0 Å². The first-order valence-corrected chi connectivity index (χ1v) is 5.69. The summed E-state index contributed by atoms with van der Waals surface area (Å²) in [5, 5.41) is 9.45. The maximum Gasteiger partial charge on any atom is 0.314 e. The van der Waals surface area contributed by atoms with E-state index in [9.17, 15) is 9.90 Å². The minimum atomic E-state index is -0.991. The lowest BCUT2D eigenvalue weighted by molar-refractivity contribution is -0.144. The molecule has 0 aromatic heterocycles. The Morgan fingerprint density at radius 2 is 1.83 bits per heavy atom. The van der Waals surface area contributed by atoms with Crippen LogP contribution < -0.4 is 11.5 Å². The average molecular weight is 244 g/mol. The number of hydrogen-bond acceptors (Lipinski definition) is 3. The van der Waals surface area contributed by atoms with Crippen molar-refractivity contribution in [1.82, 2.24) is 0 Å². The fraction of sp³-hybridized carbons (Fsp3) is 0.214. The van der Waals surface area contributed by atoms with Gasteiger partial charge >= 0.3 is 5.97 Å². The molecule has 0 aliphatic heterocycles. The van der Waals surface area contributed by atoms with Gasteiger partial charge in [-0.05, 0) is 36.3 Å². The number of hydrogen-bond donors (Lipinski definition) is 3. The second kappa shape index (κ2) is 4.22. The van der Waals surface area contributed by atoms with Crippen LogP contribution in [0.4, 0.5) is 5.69 Å². The van der Waals surface area contributed by atoms with Crippen molar-refractivity contribution in [2.24, 2.45) is 11.1 Å². The van der Waals surface area contributed by atoms with E-state index in [1.807, 2.05) is 12.1 Å². The number of anilines is 1. The zero-order valence-corrected chi connectivity index (χ0v) is 10.2. The summed E-state index contributed by atoms with van der Waals surface area (Å²) >= 11 is 0. The molecule has 0 bridgehead atoms. The maximum absolute atomic E-state index is 11.5. The first kappa shape index (κ1) is 12.2. The van der Waals surface area contributed by atoms with Crippen LogP contribution in [0.5, 0.6) is 0 Å². The Balaban J connectivity index is 2.52. The number of allylic oxidation sites excluding steroid dienone is 3. The van der Waals surface area contributed by atoms with Crippen molar-refractivity contribution < 1.29 is 9.90 Å². The van der Waals surface area contributed by atoms with Gasteiger partial charge in [-0.25, -0.2) is 0 Å². The fourth-order valence-corrected chi connectivity index (χ4v) is 2.20. The van der Waals surface area contributed by atoms with E-state index in [4.69, 9.17) is 11.5 Å². The molecule has 0 spiro atoms. The van der Waals surface area contributed by atoms with Crippen LogP contribution in [0.3, 0.4) is 0 Å². The number of rotatable bonds is 2. The van der Waals surface area contributed by atoms with Crippen LogP contribution in [0, 0.1) is 5.41 Å². The lowest BCUT2D eigenvalue weighted by Crippen LogP contribution is -2.32. The van der Waals surface area contributed by atoms with Crippen molar-refractivity contribution in [3.63, 3.8) is 0 Å². The number of nitrogen functional groups attached to an aromatic ring is 1. The molecule has 4 nitrogen and oxygen atoms in total. The summed E-state index contributed by atoms with van der Waals surface area (Å²) in [5.41, 5.74) is 13.2. The Morgan fingerprint density at radius 3 is 2.39 bits per heavy atom. The summed E-state index contributed by atoms with van der Waals surface area (Å²) in [7, 11) is 0. The standard InChI is InChI=1S/C14H16N2O2/c1-14(13(17)18)8-11(16)6-7-12(14)9-2-4-10(15)5-3-9/h2-7H,8,15-16H2,1H3,(H,17,18).